The van der Waals surface area contributed by atoms with Crippen LogP contribution in [0, 0.1) is 24.2 Å². The van der Waals surface area contributed by atoms with E-state index in [1.54, 1.807) is 39.8 Å². The molecule has 1 unspecified atom stereocenters. The van der Waals surface area contributed by atoms with Crippen molar-refractivity contribution >= 4 is 29.2 Å². The molecule has 1 aliphatic rings. The Balaban J connectivity index is 2.34. The molecule has 0 radical (unpaired) electrons. The lowest BCUT2D eigenvalue weighted by Gasteiger charge is -2.34. The number of aliphatic hydroxyl groups is 3. The van der Waals surface area contributed by atoms with E-state index in [0.717, 1.165) is 11.4 Å². The molecule has 0 fully saturated rings. The molecule has 1 aromatic rings. The topological polar surface area (TPSA) is 117 Å². The van der Waals surface area contributed by atoms with Crippen LogP contribution >= 0.6 is 11.3 Å². The van der Waals surface area contributed by atoms with E-state index < -0.39 is 48.1 Å². The molecule has 0 bridgehead atoms. The Morgan fingerprint density at radius 2 is 1.91 bits per heavy atom. The monoisotopic (exact) mass is 493 g/mol. The summed E-state index contributed by atoms with van der Waals surface area (Å²) in [5, 5.41) is 35.1. The maximum absolute atomic E-state index is 13.1. The Bertz CT molecular complexity index is 905. The number of hydrogen-bond acceptors (Lipinski definition) is 8. The minimum absolute atomic E-state index is 0.109. The van der Waals surface area contributed by atoms with Crippen LogP contribution in [-0.4, -0.2) is 56.5 Å². The van der Waals surface area contributed by atoms with Crippen molar-refractivity contribution in [3.63, 3.8) is 0 Å². The van der Waals surface area contributed by atoms with Gasteiger partial charge in [-0.2, -0.15) is 0 Å². The average Bonchev–Trinajstić information content (AvgIpc) is 3.18. The molecular weight excluding hydrogens is 454 g/mol. The van der Waals surface area contributed by atoms with Gasteiger partial charge in [0.05, 0.1) is 34.7 Å². The molecule has 190 valence electrons. The zero-order chi connectivity index (χ0) is 25.6. The van der Waals surface area contributed by atoms with Gasteiger partial charge in [0.15, 0.2) is 6.10 Å². The number of cyclic esters (lactones) is 1. The summed E-state index contributed by atoms with van der Waals surface area (Å²) in [4.78, 5) is 30.3. The molecule has 7 nitrogen and oxygen atoms in total. The van der Waals surface area contributed by atoms with Crippen molar-refractivity contribution < 1.29 is 29.6 Å². The first-order valence-corrected chi connectivity index (χ1v) is 12.8. The summed E-state index contributed by atoms with van der Waals surface area (Å²) in [5.41, 5.74) is 0.0764. The highest BCUT2D eigenvalue weighted by atomic mass is 32.1. The van der Waals surface area contributed by atoms with E-state index in [2.05, 4.69) is 4.98 Å². The third-order valence-electron chi connectivity index (χ3n) is 6.73. The van der Waals surface area contributed by atoms with Gasteiger partial charge in [-0.1, -0.05) is 39.8 Å². The maximum Gasteiger partial charge on any atom is 0.309 e. The first-order valence-electron chi connectivity index (χ1n) is 11.9. The van der Waals surface area contributed by atoms with Gasteiger partial charge in [0.25, 0.3) is 0 Å². The molecule has 6 atom stereocenters. The summed E-state index contributed by atoms with van der Waals surface area (Å²) in [6.45, 7) is 10.4. The SMILES string of the molecule is C/C(=C\c1csc(C)n1)[C@H]1OC(=O)C[C@H](O)C(C)(C)C(=O)[C@H](C)[C@@H](O)C(C)CCCC=C[C@@H]1O. The zero-order valence-corrected chi connectivity index (χ0v) is 21.8. The van der Waals surface area contributed by atoms with Crippen molar-refractivity contribution in [3.05, 3.63) is 33.8 Å². The maximum atomic E-state index is 13.1. The summed E-state index contributed by atoms with van der Waals surface area (Å²) in [5.74, 6) is -1.81. The fourth-order valence-electron chi connectivity index (χ4n) is 4.26. The predicted octanol–water partition coefficient (Wildman–Crippen LogP) is 3.85. The third kappa shape index (κ3) is 7.31. The number of rotatable bonds is 2. The van der Waals surface area contributed by atoms with E-state index in [9.17, 15) is 24.9 Å². The van der Waals surface area contributed by atoms with Gasteiger partial charge in [-0.05, 0) is 50.7 Å². The van der Waals surface area contributed by atoms with E-state index in [0.29, 0.717) is 24.1 Å². The van der Waals surface area contributed by atoms with Crippen LogP contribution in [0.5, 0.6) is 0 Å². The van der Waals surface area contributed by atoms with Gasteiger partial charge >= 0.3 is 5.97 Å². The standard InChI is InChI=1S/C26H39NO6S/c1-15-10-8-7-9-11-20(28)24(16(2)12-19-14-34-18(4)27-19)33-22(30)13-21(29)26(5,6)25(32)17(3)23(15)31/h9,11-12,14-15,17,20-21,23-24,28-29,31H,7-8,10,13H2,1-6H3/b11-9?,16-12+/t15?,17-,20+,21+,23+,24-/m1/s1. The van der Waals surface area contributed by atoms with Crippen molar-refractivity contribution in [1.29, 1.82) is 0 Å². The van der Waals surface area contributed by atoms with Crippen molar-refractivity contribution in [2.75, 3.05) is 0 Å². The Hall–Kier alpha value is -1.87. The molecule has 3 N–H and O–H groups in total. The molecule has 8 heteroatoms. The minimum Gasteiger partial charge on any atom is -0.455 e. The first kappa shape index (κ1) is 28.4. The van der Waals surface area contributed by atoms with Gasteiger partial charge in [0.2, 0.25) is 0 Å². The Morgan fingerprint density at radius 1 is 1.24 bits per heavy atom. The molecule has 0 saturated carbocycles. The molecule has 0 spiro atoms. The van der Waals surface area contributed by atoms with Crippen molar-refractivity contribution in [2.24, 2.45) is 17.3 Å². The number of aliphatic hydroxyl groups excluding tert-OH is 3. The molecule has 1 aliphatic heterocycles. The fourth-order valence-corrected chi connectivity index (χ4v) is 4.83. The van der Waals surface area contributed by atoms with Crippen LogP contribution in [-0.2, 0) is 14.3 Å². The summed E-state index contributed by atoms with van der Waals surface area (Å²) < 4.78 is 5.61. The molecule has 0 amide bonds. The number of ether oxygens (including phenoxy) is 1. The average molecular weight is 494 g/mol. The highest BCUT2D eigenvalue weighted by Gasteiger charge is 2.42. The molecular formula is C26H39NO6S. The number of aromatic nitrogens is 1. The molecule has 0 aliphatic carbocycles. The molecule has 2 rings (SSSR count). The van der Waals surface area contributed by atoms with Crippen molar-refractivity contribution in [2.45, 2.75) is 91.6 Å². The largest absolute Gasteiger partial charge is 0.455 e. The lowest BCUT2D eigenvalue weighted by atomic mass is 9.73. The second-order valence-corrected chi connectivity index (χ2v) is 11.1. The Kier molecular flexibility index (Phi) is 10.2. The van der Waals surface area contributed by atoms with Crippen LogP contribution in [0.2, 0.25) is 0 Å². The first-order chi connectivity index (χ1) is 15.8. The summed E-state index contributed by atoms with van der Waals surface area (Å²) in [7, 11) is 0. The zero-order valence-electron chi connectivity index (χ0n) is 21.0. The van der Waals surface area contributed by atoms with Crippen LogP contribution in [0.1, 0.15) is 71.0 Å². The van der Waals surface area contributed by atoms with E-state index in [-0.39, 0.29) is 11.7 Å². The van der Waals surface area contributed by atoms with Crippen molar-refractivity contribution in [1.82, 2.24) is 4.98 Å². The van der Waals surface area contributed by atoms with Gasteiger partial charge in [0.1, 0.15) is 11.9 Å². The van der Waals surface area contributed by atoms with E-state index >= 15 is 0 Å². The number of nitrogens with zero attached hydrogens (tertiary/aromatic N) is 1. The number of carbonyl (C=O) groups excluding carboxylic acids is 2. The summed E-state index contributed by atoms with van der Waals surface area (Å²) in [6, 6.07) is 0. The number of aryl methyl sites for hydroxylation is 1. The van der Waals surface area contributed by atoms with E-state index in [1.165, 1.54) is 11.3 Å². The van der Waals surface area contributed by atoms with E-state index in [4.69, 9.17) is 4.74 Å². The smallest absolute Gasteiger partial charge is 0.309 e. The van der Waals surface area contributed by atoms with Crippen LogP contribution in [0.25, 0.3) is 6.08 Å². The van der Waals surface area contributed by atoms with Gasteiger partial charge in [0, 0.05) is 11.3 Å². The highest BCUT2D eigenvalue weighted by Crippen LogP contribution is 2.32. The summed E-state index contributed by atoms with van der Waals surface area (Å²) >= 11 is 1.50. The number of esters is 1. The normalized spacial score (nSPS) is 32.4. The molecule has 34 heavy (non-hydrogen) atoms. The fraction of sp³-hybridized carbons (Fsp3) is 0.654. The van der Waals surface area contributed by atoms with Gasteiger partial charge in [-0.15, -0.1) is 11.3 Å². The summed E-state index contributed by atoms with van der Waals surface area (Å²) in [6.07, 6.45) is 2.78. The number of ketones is 1. The van der Waals surface area contributed by atoms with Crippen LogP contribution < -0.4 is 0 Å². The van der Waals surface area contributed by atoms with Crippen LogP contribution in [0.3, 0.4) is 0 Å². The molecule has 0 aromatic carbocycles. The number of Topliss-reactive ketones (excluding diaryl/α,β-unsaturated/α-hetero) is 1. The lowest BCUT2D eigenvalue weighted by Crippen LogP contribution is -2.46. The van der Waals surface area contributed by atoms with Crippen LogP contribution in [0.4, 0.5) is 0 Å². The van der Waals surface area contributed by atoms with E-state index in [1.807, 2.05) is 25.3 Å². The quantitative estimate of drug-likeness (QED) is 0.423. The van der Waals surface area contributed by atoms with Gasteiger partial charge in [-0.25, -0.2) is 4.98 Å². The van der Waals surface area contributed by atoms with Gasteiger partial charge < -0.3 is 20.1 Å². The number of thiazole rings is 1. The Morgan fingerprint density at radius 3 is 2.53 bits per heavy atom. The molecule has 2 heterocycles. The third-order valence-corrected chi connectivity index (χ3v) is 7.52. The second-order valence-electron chi connectivity index (χ2n) is 10.0. The number of allylic oxidation sites excluding steroid dienone is 1. The number of carbonyl (C=O) groups is 2. The minimum atomic E-state index is -1.30. The molecule has 0 saturated heterocycles. The van der Waals surface area contributed by atoms with Crippen molar-refractivity contribution in [3.8, 4) is 0 Å². The second kappa shape index (κ2) is 12.2. The van der Waals surface area contributed by atoms with Gasteiger partial charge in [-0.3, -0.25) is 9.59 Å². The molecule has 1 aromatic heterocycles. The lowest BCUT2D eigenvalue weighted by molar-refractivity contribution is -0.157. The predicted molar refractivity (Wildman–Crippen MR) is 133 cm³/mol. The van der Waals surface area contributed by atoms with Crippen LogP contribution in [0.15, 0.2) is 23.1 Å². The number of hydrogen-bond donors (Lipinski definition) is 3. The Labute approximate surface area is 206 Å². The highest BCUT2D eigenvalue weighted by molar-refractivity contribution is 7.09.